The first-order valence-corrected chi connectivity index (χ1v) is 7.08. The Morgan fingerprint density at radius 1 is 1.10 bits per heavy atom. The summed E-state index contributed by atoms with van der Waals surface area (Å²) in [5.41, 5.74) is 3.75. The van der Waals surface area contributed by atoms with E-state index in [0.717, 1.165) is 27.6 Å². The summed E-state index contributed by atoms with van der Waals surface area (Å²) < 4.78 is 1.66. The molecule has 0 saturated heterocycles. The van der Waals surface area contributed by atoms with Gasteiger partial charge in [0.05, 0.1) is 5.69 Å². The van der Waals surface area contributed by atoms with Crippen LogP contribution < -0.4 is 0 Å². The van der Waals surface area contributed by atoms with E-state index >= 15 is 0 Å². The van der Waals surface area contributed by atoms with Gasteiger partial charge in [0, 0.05) is 22.7 Å². The van der Waals surface area contributed by atoms with Crippen LogP contribution in [0.3, 0.4) is 0 Å². The Balaban J connectivity index is 2.05. The van der Waals surface area contributed by atoms with E-state index in [9.17, 15) is 0 Å². The number of aryl methyl sites for hydroxylation is 1. The van der Waals surface area contributed by atoms with Gasteiger partial charge in [0.25, 0.3) is 0 Å². The first-order valence-electron chi connectivity index (χ1n) is 6.33. The Hall–Kier alpha value is -1.58. The molecule has 1 atom stereocenters. The van der Waals surface area contributed by atoms with Crippen LogP contribution in [0.2, 0.25) is 10.2 Å². The van der Waals surface area contributed by atoms with E-state index in [1.807, 2.05) is 37.3 Å². The molecule has 0 aliphatic carbocycles. The van der Waals surface area contributed by atoms with Gasteiger partial charge in [-0.05, 0) is 30.7 Å². The number of rotatable bonds is 2. The second-order valence-corrected chi connectivity index (χ2v) is 5.66. The molecule has 0 saturated carbocycles. The molecular formula is C15H13Cl2N3. The molecule has 1 aromatic carbocycles. The van der Waals surface area contributed by atoms with Gasteiger partial charge in [-0.25, -0.2) is 9.50 Å². The fraction of sp³-hybridized carbons (Fsp3) is 0.200. The van der Waals surface area contributed by atoms with Crippen molar-refractivity contribution in [3.63, 3.8) is 0 Å². The minimum absolute atomic E-state index is 0.158. The second-order valence-electron chi connectivity index (χ2n) is 4.83. The number of fused-ring (bicyclic) bond motifs is 1. The van der Waals surface area contributed by atoms with Crippen LogP contribution in [-0.4, -0.2) is 14.6 Å². The van der Waals surface area contributed by atoms with Crippen LogP contribution in [0.4, 0.5) is 0 Å². The molecule has 0 aliphatic heterocycles. The molecule has 0 aliphatic rings. The molecule has 2 heterocycles. The third kappa shape index (κ3) is 2.39. The molecule has 102 valence electrons. The molecule has 0 bridgehead atoms. The van der Waals surface area contributed by atoms with Crippen molar-refractivity contribution in [1.82, 2.24) is 14.6 Å². The van der Waals surface area contributed by atoms with Gasteiger partial charge in [0.1, 0.15) is 5.15 Å². The van der Waals surface area contributed by atoms with Crippen LogP contribution in [0.25, 0.3) is 5.65 Å². The lowest BCUT2D eigenvalue weighted by molar-refractivity contribution is 0.818. The van der Waals surface area contributed by atoms with E-state index in [2.05, 4.69) is 17.0 Å². The van der Waals surface area contributed by atoms with Crippen molar-refractivity contribution in [3.8, 4) is 0 Å². The average Bonchev–Trinajstić information content (AvgIpc) is 2.83. The highest BCUT2D eigenvalue weighted by Crippen LogP contribution is 2.26. The zero-order chi connectivity index (χ0) is 14.3. The quantitative estimate of drug-likeness (QED) is 0.653. The third-order valence-electron chi connectivity index (χ3n) is 3.34. The monoisotopic (exact) mass is 305 g/mol. The molecule has 3 aromatic rings. The number of benzene rings is 1. The zero-order valence-electron chi connectivity index (χ0n) is 11.1. The molecular weight excluding hydrogens is 293 g/mol. The summed E-state index contributed by atoms with van der Waals surface area (Å²) in [7, 11) is 0. The van der Waals surface area contributed by atoms with Crippen molar-refractivity contribution in [3.05, 3.63) is 63.5 Å². The maximum atomic E-state index is 6.19. The normalized spacial score (nSPS) is 12.8. The van der Waals surface area contributed by atoms with Crippen molar-refractivity contribution in [2.75, 3.05) is 0 Å². The number of halogens is 2. The lowest BCUT2D eigenvalue weighted by Crippen LogP contribution is -1.98. The van der Waals surface area contributed by atoms with Gasteiger partial charge in [-0.3, -0.25) is 0 Å². The van der Waals surface area contributed by atoms with Gasteiger partial charge in [-0.2, -0.15) is 5.10 Å². The van der Waals surface area contributed by atoms with E-state index in [1.54, 1.807) is 10.6 Å². The van der Waals surface area contributed by atoms with Gasteiger partial charge < -0.3 is 0 Å². The fourth-order valence-electron chi connectivity index (χ4n) is 2.21. The highest BCUT2D eigenvalue weighted by molar-refractivity contribution is 6.30. The van der Waals surface area contributed by atoms with Crippen molar-refractivity contribution in [2.45, 2.75) is 19.8 Å². The summed E-state index contributed by atoms with van der Waals surface area (Å²) in [6.07, 6.45) is 0. The molecule has 0 amide bonds. The van der Waals surface area contributed by atoms with Gasteiger partial charge in [0.2, 0.25) is 0 Å². The van der Waals surface area contributed by atoms with E-state index in [0.29, 0.717) is 5.15 Å². The van der Waals surface area contributed by atoms with Gasteiger partial charge >= 0.3 is 0 Å². The van der Waals surface area contributed by atoms with Crippen molar-refractivity contribution in [2.24, 2.45) is 0 Å². The van der Waals surface area contributed by atoms with Gasteiger partial charge in [-0.15, -0.1) is 0 Å². The molecule has 20 heavy (non-hydrogen) atoms. The van der Waals surface area contributed by atoms with Crippen molar-refractivity contribution in [1.29, 1.82) is 0 Å². The van der Waals surface area contributed by atoms with Crippen LogP contribution in [0.5, 0.6) is 0 Å². The molecule has 3 nitrogen and oxygen atoms in total. The van der Waals surface area contributed by atoms with Crippen molar-refractivity contribution < 1.29 is 0 Å². The minimum atomic E-state index is 0.158. The van der Waals surface area contributed by atoms with E-state index < -0.39 is 0 Å². The highest BCUT2D eigenvalue weighted by Gasteiger charge is 2.14. The van der Waals surface area contributed by atoms with Crippen LogP contribution >= 0.6 is 23.2 Å². The van der Waals surface area contributed by atoms with Gasteiger partial charge in [-0.1, -0.05) is 42.3 Å². The molecule has 0 fully saturated rings. The SMILES string of the molecule is Cc1cc(Cl)n2nc(C(C)c3ccc(Cl)cc3)cc2n1. The number of hydrogen-bond donors (Lipinski definition) is 0. The number of hydrogen-bond acceptors (Lipinski definition) is 2. The van der Waals surface area contributed by atoms with E-state index in [4.69, 9.17) is 23.2 Å². The van der Waals surface area contributed by atoms with Crippen LogP contribution in [0.15, 0.2) is 36.4 Å². The summed E-state index contributed by atoms with van der Waals surface area (Å²) in [5, 5.41) is 5.85. The molecule has 3 rings (SSSR count). The summed E-state index contributed by atoms with van der Waals surface area (Å²) in [5.74, 6) is 0.158. The second kappa shape index (κ2) is 5.08. The predicted molar refractivity (Wildman–Crippen MR) is 81.7 cm³/mol. The van der Waals surface area contributed by atoms with Crippen LogP contribution in [0, 0.1) is 6.92 Å². The molecule has 0 N–H and O–H groups in total. The lowest BCUT2D eigenvalue weighted by atomic mass is 9.98. The van der Waals surface area contributed by atoms with E-state index in [-0.39, 0.29) is 5.92 Å². The summed E-state index contributed by atoms with van der Waals surface area (Å²) in [6, 6.07) is 11.6. The lowest BCUT2D eigenvalue weighted by Gasteiger charge is -2.08. The van der Waals surface area contributed by atoms with Crippen LogP contribution in [0.1, 0.15) is 29.8 Å². The maximum absolute atomic E-state index is 6.19. The average molecular weight is 306 g/mol. The Kier molecular flexibility index (Phi) is 3.40. The largest absolute Gasteiger partial charge is 0.234 e. The molecule has 0 radical (unpaired) electrons. The van der Waals surface area contributed by atoms with Gasteiger partial charge in [0.15, 0.2) is 5.65 Å². The Labute approximate surface area is 127 Å². The first-order chi connectivity index (χ1) is 9.54. The number of nitrogens with zero attached hydrogens (tertiary/aromatic N) is 3. The number of aromatic nitrogens is 3. The molecule has 5 heteroatoms. The summed E-state index contributed by atoms with van der Waals surface area (Å²) >= 11 is 12.1. The first kappa shape index (κ1) is 13.4. The van der Waals surface area contributed by atoms with Crippen molar-refractivity contribution >= 4 is 28.8 Å². The molecule has 1 unspecified atom stereocenters. The zero-order valence-corrected chi connectivity index (χ0v) is 12.7. The Bertz CT molecular complexity index is 763. The molecule has 0 spiro atoms. The summed E-state index contributed by atoms with van der Waals surface area (Å²) in [4.78, 5) is 4.44. The topological polar surface area (TPSA) is 30.2 Å². The predicted octanol–water partition coefficient (Wildman–Crippen LogP) is 4.50. The smallest absolute Gasteiger partial charge is 0.157 e. The summed E-state index contributed by atoms with van der Waals surface area (Å²) in [6.45, 7) is 4.02. The molecule has 2 aromatic heterocycles. The standard InChI is InChI=1S/C15H13Cl2N3/c1-9-7-14(17)20-15(18-9)8-13(19-20)10(2)11-3-5-12(16)6-4-11/h3-8,10H,1-2H3. The third-order valence-corrected chi connectivity index (χ3v) is 3.87. The van der Waals surface area contributed by atoms with E-state index in [1.165, 1.54) is 0 Å². The fourth-order valence-corrected chi connectivity index (χ4v) is 2.61. The van der Waals surface area contributed by atoms with Crippen LogP contribution in [-0.2, 0) is 0 Å². The maximum Gasteiger partial charge on any atom is 0.157 e. The Morgan fingerprint density at radius 2 is 1.80 bits per heavy atom. The Morgan fingerprint density at radius 3 is 2.50 bits per heavy atom. The minimum Gasteiger partial charge on any atom is -0.234 e. The highest BCUT2D eigenvalue weighted by atomic mass is 35.5.